The van der Waals surface area contributed by atoms with Crippen molar-refractivity contribution in [2.45, 2.75) is 51.9 Å². The van der Waals surface area contributed by atoms with Crippen molar-refractivity contribution < 1.29 is 9.21 Å². The van der Waals surface area contributed by atoms with Gasteiger partial charge in [-0.2, -0.15) is 0 Å². The van der Waals surface area contributed by atoms with Gasteiger partial charge in [0.05, 0.1) is 5.56 Å². The number of furan rings is 1. The van der Waals surface area contributed by atoms with E-state index in [9.17, 15) is 4.79 Å². The SMILES string of the molecule is CCCCCCCCC(=O)c1coc2ccccc12. The second-order valence-corrected chi connectivity index (χ2v) is 5.09. The molecule has 2 aromatic rings. The van der Waals surface area contributed by atoms with Crippen LogP contribution in [0.15, 0.2) is 34.9 Å². The van der Waals surface area contributed by atoms with E-state index in [-0.39, 0.29) is 5.78 Å². The number of unbranched alkanes of at least 4 members (excludes halogenated alkanes) is 5. The predicted molar refractivity (Wildman–Crippen MR) is 78.5 cm³/mol. The van der Waals surface area contributed by atoms with Gasteiger partial charge in [0.25, 0.3) is 0 Å². The van der Waals surface area contributed by atoms with Gasteiger partial charge in [0.2, 0.25) is 0 Å². The average molecular weight is 258 g/mol. The lowest BCUT2D eigenvalue weighted by atomic mass is 10.0. The van der Waals surface area contributed by atoms with Crippen LogP contribution in [0, 0.1) is 0 Å². The molecule has 0 fully saturated rings. The first-order valence-electron chi connectivity index (χ1n) is 7.32. The maximum Gasteiger partial charge on any atom is 0.166 e. The van der Waals surface area contributed by atoms with Crippen LogP contribution in [0.3, 0.4) is 0 Å². The van der Waals surface area contributed by atoms with E-state index >= 15 is 0 Å². The Kier molecular flexibility index (Phi) is 5.20. The summed E-state index contributed by atoms with van der Waals surface area (Å²) in [5, 5.41) is 0.943. The molecule has 0 bridgehead atoms. The molecule has 0 spiro atoms. The van der Waals surface area contributed by atoms with Gasteiger partial charge < -0.3 is 4.42 Å². The maximum atomic E-state index is 12.1. The molecule has 2 nitrogen and oxygen atoms in total. The molecule has 0 N–H and O–H groups in total. The highest BCUT2D eigenvalue weighted by atomic mass is 16.3. The lowest BCUT2D eigenvalue weighted by Crippen LogP contribution is -1.97. The van der Waals surface area contributed by atoms with E-state index in [1.54, 1.807) is 6.26 Å². The van der Waals surface area contributed by atoms with Gasteiger partial charge in [0, 0.05) is 11.8 Å². The van der Waals surface area contributed by atoms with E-state index in [1.165, 1.54) is 25.7 Å². The van der Waals surface area contributed by atoms with Crippen molar-refractivity contribution in [2.75, 3.05) is 0 Å². The van der Waals surface area contributed by atoms with Crippen LogP contribution >= 0.6 is 0 Å². The summed E-state index contributed by atoms with van der Waals surface area (Å²) in [6, 6.07) is 7.72. The Morgan fingerprint density at radius 1 is 1.05 bits per heavy atom. The van der Waals surface area contributed by atoms with E-state index in [0.717, 1.165) is 29.4 Å². The fraction of sp³-hybridized carbons (Fsp3) is 0.471. The van der Waals surface area contributed by atoms with Crippen molar-refractivity contribution >= 4 is 16.8 Å². The largest absolute Gasteiger partial charge is 0.464 e. The van der Waals surface area contributed by atoms with Crippen molar-refractivity contribution in [1.29, 1.82) is 0 Å². The Hall–Kier alpha value is -1.57. The molecule has 0 aliphatic carbocycles. The molecule has 0 saturated carbocycles. The topological polar surface area (TPSA) is 30.2 Å². The molecule has 102 valence electrons. The Morgan fingerprint density at radius 2 is 1.79 bits per heavy atom. The Labute approximate surface area is 114 Å². The molecule has 0 aliphatic heterocycles. The van der Waals surface area contributed by atoms with E-state index < -0.39 is 0 Å². The molecule has 0 saturated heterocycles. The van der Waals surface area contributed by atoms with Crippen LogP contribution in [0.2, 0.25) is 0 Å². The van der Waals surface area contributed by atoms with Crippen LogP contribution in [0.25, 0.3) is 11.0 Å². The Morgan fingerprint density at radius 3 is 2.63 bits per heavy atom. The van der Waals surface area contributed by atoms with Crippen LogP contribution in [0.4, 0.5) is 0 Å². The van der Waals surface area contributed by atoms with E-state index in [2.05, 4.69) is 6.92 Å². The molecule has 19 heavy (non-hydrogen) atoms. The van der Waals surface area contributed by atoms with Gasteiger partial charge in [-0.25, -0.2) is 0 Å². The summed E-state index contributed by atoms with van der Waals surface area (Å²) in [4.78, 5) is 12.1. The number of carbonyl (C=O) groups excluding carboxylic acids is 1. The number of rotatable bonds is 8. The summed E-state index contributed by atoms with van der Waals surface area (Å²) in [5.74, 6) is 0.209. The number of Topliss-reactive ketones (excluding diaryl/α,β-unsaturated/α-hetero) is 1. The Balaban J connectivity index is 1.83. The maximum absolute atomic E-state index is 12.1. The summed E-state index contributed by atoms with van der Waals surface area (Å²) in [6.07, 6.45) is 9.48. The number of para-hydroxylation sites is 1. The zero-order valence-electron chi connectivity index (χ0n) is 11.7. The highest BCUT2D eigenvalue weighted by Crippen LogP contribution is 2.22. The predicted octanol–water partition coefficient (Wildman–Crippen LogP) is 5.37. The van der Waals surface area contributed by atoms with Crippen LogP contribution in [-0.2, 0) is 0 Å². The third kappa shape index (κ3) is 3.69. The van der Waals surface area contributed by atoms with E-state index in [4.69, 9.17) is 4.42 Å². The third-order valence-electron chi connectivity index (χ3n) is 3.54. The van der Waals surface area contributed by atoms with Crippen molar-refractivity contribution in [3.05, 3.63) is 36.1 Å². The van der Waals surface area contributed by atoms with Crippen LogP contribution in [0.5, 0.6) is 0 Å². The molecule has 2 rings (SSSR count). The standard InChI is InChI=1S/C17H22O2/c1-2-3-4-5-6-7-11-16(18)15-13-19-17-12-9-8-10-14(15)17/h8-10,12-13H,2-7,11H2,1H3. The van der Waals surface area contributed by atoms with Gasteiger partial charge >= 0.3 is 0 Å². The number of fused-ring (bicyclic) bond motifs is 1. The molecule has 1 aromatic carbocycles. The number of hydrogen-bond acceptors (Lipinski definition) is 2. The minimum absolute atomic E-state index is 0.209. The van der Waals surface area contributed by atoms with Gasteiger partial charge in [-0.3, -0.25) is 4.79 Å². The smallest absolute Gasteiger partial charge is 0.166 e. The fourth-order valence-corrected chi connectivity index (χ4v) is 2.39. The highest BCUT2D eigenvalue weighted by molar-refractivity contribution is 6.06. The summed E-state index contributed by atoms with van der Waals surface area (Å²) in [6.45, 7) is 2.22. The summed E-state index contributed by atoms with van der Waals surface area (Å²) >= 11 is 0. The monoisotopic (exact) mass is 258 g/mol. The van der Waals surface area contributed by atoms with Crippen LogP contribution < -0.4 is 0 Å². The molecule has 2 heteroatoms. The molecule has 0 atom stereocenters. The molecule has 0 unspecified atom stereocenters. The molecular formula is C17H22O2. The average Bonchev–Trinajstić information content (AvgIpc) is 2.86. The minimum atomic E-state index is 0.209. The van der Waals surface area contributed by atoms with E-state index in [0.29, 0.717) is 6.42 Å². The van der Waals surface area contributed by atoms with Gasteiger partial charge in [0.15, 0.2) is 5.78 Å². The first-order chi connectivity index (χ1) is 9.33. The van der Waals surface area contributed by atoms with Crippen molar-refractivity contribution in [2.24, 2.45) is 0 Å². The van der Waals surface area contributed by atoms with Gasteiger partial charge in [-0.05, 0) is 12.5 Å². The lowest BCUT2D eigenvalue weighted by Gasteiger charge is -2.00. The van der Waals surface area contributed by atoms with Gasteiger partial charge in [0.1, 0.15) is 11.8 Å². The zero-order chi connectivity index (χ0) is 13.5. The Bertz CT molecular complexity index is 525. The summed E-state index contributed by atoms with van der Waals surface area (Å²) < 4.78 is 5.41. The molecule has 0 amide bonds. The van der Waals surface area contributed by atoms with Crippen molar-refractivity contribution in [1.82, 2.24) is 0 Å². The van der Waals surface area contributed by atoms with E-state index in [1.807, 2.05) is 24.3 Å². The number of ketones is 1. The number of carbonyl (C=O) groups is 1. The molecule has 1 aromatic heterocycles. The zero-order valence-corrected chi connectivity index (χ0v) is 11.7. The van der Waals surface area contributed by atoms with Crippen LogP contribution in [0.1, 0.15) is 62.2 Å². The molecule has 0 aliphatic rings. The van der Waals surface area contributed by atoms with Crippen molar-refractivity contribution in [3.63, 3.8) is 0 Å². The fourth-order valence-electron chi connectivity index (χ4n) is 2.39. The van der Waals surface area contributed by atoms with Crippen LogP contribution in [-0.4, -0.2) is 5.78 Å². The second kappa shape index (κ2) is 7.13. The highest BCUT2D eigenvalue weighted by Gasteiger charge is 2.12. The lowest BCUT2D eigenvalue weighted by molar-refractivity contribution is 0.0980. The first kappa shape index (κ1) is 13.9. The van der Waals surface area contributed by atoms with Gasteiger partial charge in [-0.15, -0.1) is 0 Å². The summed E-state index contributed by atoms with van der Waals surface area (Å²) in [5.41, 5.74) is 1.54. The number of benzene rings is 1. The molecule has 0 radical (unpaired) electrons. The second-order valence-electron chi connectivity index (χ2n) is 5.09. The third-order valence-corrected chi connectivity index (χ3v) is 3.54. The first-order valence-corrected chi connectivity index (χ1v) is 7.32. The minimum Gasteiger partial charge on any atom is -0.464 e. The van der Waals surface area contributed by atoms with Gasteiger partial charge in [-0.1, -0.05) is 57.2 Å². The normalized spacial score (nSPS) is 11.0. The van der Waals surface area contributed by atoms with Crippen molar-refractivity contribution in [3.8, 4) is 0 Å². The quantitative estimate of drug-likeness (QED) is 0.471. The molecule has 1 heterocycles. The number of hydrogen-bond donors (Lipinski definition) is 0. The molecular weight excluding hydrogens is 236 g/mol. The summed E-state index contributed by atoms with van der Waals surface area (Å²) in [7, 11) is 0.